The van der Waals surface area contributed by atoms with E-state index < -0.39 is 53.7 Å². The van der Waals surface area contributed by atoms with Crippen molar-refractivity contribution in [1.29, 1.82) is 0 Å². The lowest BCUT2D eigenvalue weighted by Crippen LogP contribution is -2.58. The Morgan fingerprint density at radius 3 is 2.18 bits per heavy atom. The number of likely N-dealkylation sites (tertiary alicyclic amines) is 1. The third-order valence-corrected chi connectivity index (χ3v) is 6.89. The fourth-order valence-corrected chi connectivity index (χ4v) is 4.52. The van der Waals surface area contributed by atoms with E-state index in [9.17, 15) is 32.3 Å². The van der Waals surface area contributed by atoms with Gasteiger partial charge in [-0.25, -0.2) is 0 Å². The van der Waals surface area contributed by atoms with Gasteiger partial charge in [-0.3, -0.25) is 19.2 Å². The Labute approximate surface area is 218 Å². The van der Waals surface area contributed by atoms with E-state index >= 15 is 0 Å². The van der Waals surface area contributed by atoms with Crippen molar-refractivity contribution in [1.82, 2.24) is 20.7 Å². The number of fused-ring (bicyclic) bond motifs is 1. The number of halogens is 3. The number of Topliss-reactive ketones (excluding diaryl/α,β-unsaturated/α-hetero) is 1. The molecule has 3 atom stereocenters. The molecule has 3 amide bonds. The minimum absolute atomic E-state index is 0.0164. The van der Waals surface area contributed by atoms with Gasteiger partial charge in [0.05, 0.1) is 11.4 Å². The van der Waals surface area contributed by atoms with E-state index in [1.807, 2.05) is 13.8 Å². The Balaban J connectivity index is 1.79. The van der Waals surface area contributed by atoms with Gasteiger partial charge in [0, 0.05) is 6.54 Å². The van der Waals surface area contributed by atoms with Gasteiger partial charge in [-0.05, 0) is 61.8 Å². The van der Waals surface area contributed by atoms with Crippen molar-refractivity contribution in [3.63, 3.8) is 0 Å². The van der Waals surface area contributed by atoms with E-state index in [1.165, 1.54) is 18.7 Å². The second-order valence-corrected chi connectivity index (χ2v) is 10.4. The second kappa shape index (κ2) is 11.1. The first kappa shape index (κ1) is 29.1. The van der Waals surface area contributed by atoms with Crippen LogP contribution in [0, 0.1) is 25.7 Å². The van der Waals surface area contributed by atoms with E-state index in [1.54, 1.807) is 26.0 Å². The standard InChI is InChI=1S/C26H33F3N4O5/c1-12(2)19(22(34)26(27,28)29)30-23(35)17-8-7-9-33(17)25(37)20(13(3)4)31-24(36)21-16-10-14(5)15(6)11-18(16)38-32-21/h10-13,17,19-20H,7-9H2,1-6H3,(H,30,35)(H,31,36)/t17-,19-,20-/m0/s1. The van der Waals surface area contributed by atoms with Crippen LogP contribution >= 0.6 is 0 Å². The van der Waals surface area contributed by atoms with Crippen molar-refractivity contribution >= 4 is 34.5 Å². The largest absolute Gasteiger partial charge is 0.452 e. The SMILES string of the molecule is Cc1cc2onc(C(=O)N[C@H](C(=O)N3CCC[C@H]3C(=O)N[C@H](C(=O)C(F)(F)F)C(C)C)C(C)C)c2cc1C. The molecular weight excluding hydrogens is 505 g/mol. The summed E-state index contributed by atoms with van der Waals surface area (Å²) in [6, 6.07) is -0.334. The zero-order chi connectivity index (χ0) is 28.5. The third kappa shape index (κ3) is 5.99. The molecule has 1 fully saturated rings. The van der Waals surface area contributed by atoms with Crippen LogP contribution in [0.2, 0.25) is 0 Å². The summed E-state index contributed by atoms with van der Waals surface area (Å²) in [7, 11) is 0. The molecule has 0 bridgehead atoms. The predicted octanol–water partition coefficient (Wildman–Crippen LogP) is 3.46. The monoisotopic (exact) mass is 538 g/mol. The Hall–Kier alpha value is -3.44. The molecular formula is C26H33F3N4O5. The van der Waals surface area contributed by atoms with E-state index in [0.717, 1.165) is 11.1 Å². The highest BCUT2D eigenvalue weighted by molar-refractivity contribution is 6.06. The molecule has 12 heteroatoms. The lowest BCUT2D eigenvalue weighted by molar-refractivity contribution is -0.175. The summed E-state index contributed by atoms with van der Waals surface area (Å²) in [6.45, 7) is 10.2. The van der Waals surface area contributed by atoms with Gasteiger partial charge in [-0.2, -0.15) is 13.2 Å². The number of ketones is 1. The molecule has 1 aromatic heterocycles. The number of hydrogen-bond acceptors (Lipinski definition) is 6. The smallest absolute Gasteiger partial charge is 0.355 e. The van der Waals surface area contributed by atoms with Gasteiger partial charge in [-0.1, -0.05) is 32.9 Å². The molecule has 1 aliphatic rings. The van der Waals surface area contributed by atoms with Crippen LogP contribution in [0.5, 0.6) is 0 Å². The first-order valence-electron chi connectivity index (χ1n) is 12.5. The van der Waals surface area contributed by atoms with Crippen molar-refractivity contribution < 1.29 is 36.9 Å². The molecule has 2 N–H and O–H groups in total. The van der Waals surface area contributed by atoms with E-state index in [0.29, 0.717) is 17.4 Å². The highest BCUT2D eigenvalue weighted by atomic mass is 19.4. The van der Waals surface area contributed by atoms with Crippen molar-refractivity contribution in [3.05, 3.63) is 29.0 Å². The molecule has 1 saturated heterocycles. The van der Waals surface area contributed by atoms with Gasteiger partial charge >= 0.3 is 6.18 Å². The van der Waals surface area contributed by atoms with Crippen LogP contribution in [0.3, 0.4) is 0 Å². The number of aryl methyl sites for hydroxylation is 2. The number of hydrogen-bond donors (Lipinski definition) is 2. The Morgan fingerprint density at radius 1 is 1.00 bits per heavy atom. The van der Waals surface area contributed by atoms with Gasteiger partial charge in [0.25, 0.3) is 11.7 Å². The van der Waals surface area contributed by atoms with Crippen LogP contribution in [0.1, 0.15) is 62.2 Å². The lowest BCUT2D eigenvalue weighted by Gasteiger charge is -2.31. The summed E-state index contributed by atoms with van der Waals surface area (Å²) in [5.74, 6) is -5.26. The first-order valence-corrected chi connectivity index (χ1v) is 12.5. The van der Waals surface area contributed by atoms with Gasteiger partial charge in [0.1, 0.15) is 12.1 Å². The van der Waals surface area contributed by atoms with E-state index in [-0.39, 0.29) is 24.6 Å². The van der Waals surface area contributed by atoms with E-state index in [2.05, 4.69) is 15.8 Å². The molecule has 38 heavy (non-hydrogen) atoms. The summed E-state index contributed by atoms with van der Waals surface area (Å²) in [6.07, 6.45) is -4.45. The van der Waals surface area contributed by atoms with Crippen LogP contribution in [-0.2, 0) is 14.4 Å². The molecule has 1 aliphatic heterocycles. The average molecular weight is 539 g/mol. The fourth-order valence-electron chi connectivity index (χ4n) is 4.52. The van der Waals surface area contributed by atoms with Crippen molar-refractivity contribution in [2.45, 2.75) is 78.7 Å². The molecule has 0 spiro atoms. The fraction of sp³-hybridized carbons (Fsp3) is 0.577. The highest BCUT2D eigenvalue weighted by Gasteiger charge is 2.46. The summed E-state index contributed by atoms with van der Waals surface area (Å²) < 4.78 is 44.4. The number of aromatic nitrogens is 1. The maximum atomic E-state index is 13.5. The minimum atomic E-state index is -5.11. The van der Waals surface area contributed by atoms with Crippen LogP contribution in [-0.4, -0.2) is 64.4 Å². The Kier molecular flexibility index (Phi) is 8.52. The molecule has 208 valence electrons. The number of carbonyl (C=O) groups excluding carboxylic acids is 4. The van der Waals surface area contributed by atoms with Gasteiger partial charge in [0.2, 0.25) is 11.8 Å². The number of amides is 3. The zero-order valence-electron chi connectivity index (χ0n) is 22.2. The average Bonchev–Trinajstić information content (AvgIpc) is 3.46. The first-order chi connectivity index (χ1) is 17.6. The second-order valence-electron chi connectivity index (χ2n) is 10.4. The predicted molar refractivity (Wildman–Crippen MR) is 132 cm³/mol. The number of benzene rings is 1. The number of nitrogens with zero attached hydrogens (tertiary/aromatic N) is 2. The molecule has 2 aromatic rings. The van der Waals surface area contributed by atoms with Crippen LogP contribution < -0.4 is 10.6 Å². The van der Waals surface area contributed by atoms with Crippen LogP contribution in [0.4, 0.5) is 13.2 Å². The number of nitrogens with one attached hydrogen (secondary N) is 2. The number of alkyl halides is 3. The van der Waals surface area contributed by atoms with E-state index in [4.69, 9.17) is 4.52 Å². The lowest BCUT2D eigenvalue weighted by atomic mass is 9.98. The minimum Gasteiger partial charge on any atom is -0.355 e. The quantitative estimate of drug-likeness (QED) is 0.531. The topological polar surface area (TPSA) is 122 Å². The van der Waals surface area contributed by atoms with Gasteiger partial charge in [-0.15, -0.1) is 0 Å². The zero-order valence-corrected chi connectivity index (χ0v) is 22.2. The summed E-state index contributed by atoms with van der Waals surface area (Å²) >= 11 is 0. The summed E-state index contributed by atoms with van der Waals surface area (Å²) in [4.78, 5) is 52.7. The highest BCUT2D eigenvalue weighted by Crippen LogP contribution is 2.25. The Bertz CT molecular complexity index is 1240. The van der Waals surface area contributed by atoms with Crippen LogP contribution in [0.25, 0.3) is 11.0 Å². The molecule has 0 radical (unpaired) electrons. The molecule has 9 nitrogen and oxygen atoms in total. The number of rotatable bonds is 8. The molecule has 2 heterocycles. The van der Waals surface area contributed by atoms with Crippen molar-refractivity contribution in [2.24, 2.45) is 11.8 Å². The van der Waals surface area contributed by atoms with Crippen molar-refractivity contribution in [3.8, 4) is 0 Å². The number of carbonyl (C=O) groups is 4. The molecule has 0 aliphatic carbocycles. The molecule has 0 saturated carbocycles. The van der Waals surface area contributed by atoms with Gasteiger partial charge in [0.15, 0.2) is 11.3 Å². The van der Waals surface area contributed by atoms with Crippen molar-refractivity contribution in [2.75, 3.05) is 6.54 Å². The maximum absolute atomic E-state index is 13.5. The Morgan fingerprint density at radius 2 is 1.61 bits per heavy atom. The molecule has 3 rings (SSSR count). The normalized spacial score (nSPS) is 17.7. The summed E-state index contributed by atoms with van der Waals surface area (Å²) in [5, 5.41) is 9.26. The summed E-state index contributed by atoms with van der Waals surface area (Å²) in [5.41, 5.74) is 2.34. The molecule has 1 aromatic carbocycles. The molecule has 0 unspecified atom stereocenters. The third-order valence-electron chi connectivity index (χ3n) is 6.89. The van der Waals surface area contributed by atoms with Gasteiger partial charge < -0.3 is 20.1 Å². The van der Waals surface area contributed by atoms with Crippen LogP contribution in [0.15, 0.2) is 16.7 Å². The maximum Gasteiger partial charge on any atom is 0.452 e.